The molecule has 1 N–H and O–H groups in total. The lowest BCUT2D eigenvalue weighted by molar-refractivity contribution is 0.0942. The predicted molar refractivity (Wildman–Crippen MR) is 77.5 cm³/mol. The van der Waals surface area contributed by atoms with Crippen LogP contribution in [-0.4, -0.2) is 16.9 Å². The number of nitrogens with one attached hydrogen (secondary N) is 1. The molecule has 1 aromatic carbocycles. The van der Waals surface area contributed by atoms with Gasteiger partial charge in [0, 0.05) is 30.4 Å². The van der Waals surface area contributed by atoms with Crippen molar-refractivity contribution in [2.45, 2.75) is 26.5 Å². The maximum absolute atomic E-state index is 13.0. The molecular formula is C16H16F2N2O2. The summed E-state index contributed by atoms with van der Waals surface area (Å²) in [6.45, 7) is 3.78. The molecule has 0 unspecified atom stereocenters. The van der Waals surface area contributed by atoms with E-state index in [0.29, 0.717) is 11.3 Å². The van der Waals surface area contributed by atoms with Crippen LogP contribution in [0.2, 0.25) is 0 Å². The lowest BCUT2D eigenvalue weighted by Crippen LogP contribution is -2.30. The van der Waals surface area contributed by atoms with Gasteiger partial charge in [-0.25, -0.2) is 8.78 Å². The molecule has 0 saturated heterocycles. The highest BCUT2D eigenvalue weighted by Crippen LogP contribution is 2.16. The van der Waals surface area contributed by atoms with Crippen LogP contribution in [0.15, 0.2) is 36.5 Å². The number of hydrogen-bond acceptors (Lipinski definition) is 3. The van der Waals surface area contributed by atoms with E-state index in [1.165, 1.54) is 6.20 Å². The summed E-state index contributed by atoms with van der Waals surface area (Å²) >= 11 is 0. The van der Waals surface area contributed by atoms with Gasteiger partial charge in [-0.05, 0) is 26.0 Å². The molecule has 0 fully saturated rings. The van der Waals surface area contributed by atoms with Crippen LogP contribution in [0.4, 0.5) is 8.78 Å². The Labute approximate surface area is 127 Å². The van der Waals surface area contributed by atoms with Crippen LogP contribution in [0.1, 0.15) is 29.9 Å². The molecule has 0 atom stereocenters. The predicted octanol–water partition coefficient (Wildman–Crippen LogP) is 3.08. The summed E-state index contributed by atoms with van der Waals surface area (Å²) in [6, 6.07) is 6.24. The monoisotopic (exact) mass is 306 g/mol. The standard InChI is InChI=1S/C16H16F2N2O2/c1-10(2)20-16(21)11-3-4-14(19-8-11)9-22-15-6-12(17)5-13(18)7-15/h3-8,10H,9H2,1-2H3,(H,20,21). The molecule has 1 heterocycles. The molecule has 2 rings (SSSR count). The van der Waals surface area contributed by atoms with Crippen LogP contribution in [0.25, 0.3) is 0 Å². The maximum Gasteiger partial charge on any atom is 0.253 e. The first kappa shape index (κ1) is 15.9. The Balaban J connectivity index is 1.98. The van der Waals surface area contributed by atoms with Crippen molar-refractivity contribution in [2.24, 2.45) is 0 Å². The highest BCUT2D eigenvalue weighted by atomic mass is 19.1. The Kier molecular flexibility index (Phi) is 5.04. The number of pyridine rings is 1. The zero-order valence-corrected chi connectivity index (χ0v) is 12.3. The SMILES string of the molecule is CC(C)NC(=O)c1ccc(COc2cc(F)cc(F)c2)nc1. The lowest BCUT2D eigenvalue weighted by atomic mass is 10.2. The largest absolute Gasteiger partial charge is 0.487 e. The Morgan fingerprint density at radius 2 is 1.91 bits per heavy atom. The summed E-state index contributed by atoms with van der Waals surface area (Å²) in [6.07, 6.45) is 1.43. The van der Waals surface area contributed by atoms with Gasteiger partial charge in [-0.1, -0.05) is 0 Å². The van der Waals surface area contributed by atoms with E-state index < -0.39 is 11.6 Å². The van der Waals surface area contributed by atoms with Crippen molar-refractivity contribution in [3.05, 3.63) is 59.4 Å². The van der Waals surface area contributed by atoms with Crippen molar-refractivity contribution in [3.8, 4) is 5.75 Å². The van der Waals surface area contributed by atoms with Crippen molar-refractivity contribution in [2.75, 3.05) is 0 Å². The van der Waals surface area contributed by atoms with Gasteiger partial charge in [0.05, 0.1) is 11.3 Å². The van der Waals surface area contributed by atoms with Crippen molar-refractivity contribution in [3.63, 3.8) is 0 Å². The third-order valence-corrected chi connectivity index (χ3v) is 2.73. The minimum Gasteiger partial charge on any atom is -0.487 e. The number of benzene rings is 1. The van der Waals surface area contributed by atoms with Crippen LogP contribution in [0.5, 0.6) is 5.75 Å². The molecule has 0 radical (unpaired) electrons. The number of hydrogen-bond donors (Lipinski definition) is 1. The zero-order valence-electron chi connectivity index (χ0n) is 12.3. The zero-order chi connectivity index (χ0) is 16.1. The van der Waals surface area contributed by atoms with Crippen molar-refractivity contribution >= 4 is 5.91 Å². The van der Waals surface area contributed by atoms with E-state index in [-0.39, 0.29) is 24.3 Å². The Morgan fingerprint density at radius 1 is 1.23 bits per heavy atom. The van der Waals surface area contributed by atoms with Gasteiger partial charge in [0.15, 0.2) is 0 Å². The average Bonchev–Trinajstić information content (AvgIpc) is 2.44. The first-order valence-electron chi connectivity index (χ1n) is 6.79. The molecule has 2 aromatic rings. The summed E-state index contributed by atoms with van der Waals surface area (Å²) in [5, 5.41) is 2.76. The van der Waals surface area contributed by atoms with Gasteiger partial charge in [-0.2, -0.15) is 0 Å². The quantitative estimate of drug-likeness (QED) is 0.923. The van der Waals surface area contributed by atoms with Crippen molar-refractivity contribution in [1.82, 2.24) is 10.3 Å². The van der Waals surface area contributed by atoms with Gasteiger partial charge in [-0.3, -0.25) is 9.78 Å². The second-order valence-electron chi connectivity index (χ2n) is 5.06. The number of halogens is 2. The molecule has 4 nitrogen and oxygen atoms in total. The second kappa shape index (κ2) is 6.98. The number of amides is 1. The van der Waals surface area contributed by atoms with Gasteiger partial charge < -0.3 is 10.1 Å². The maximum atomic E-state index is 13.0. The van der Waals surface area contributed by atoms with E-state index in [0.717, 1.165) is 18.2 Å². The molecular weight excluding hydrogens is 290 g/mol. The normalized spacial score (nSPS) is 10.6. The van der Waals surface area contributed by atoms with E-state index in [1.54, 1.807) is 12.1 Å². The molecule has 0 aliphatic heterocycles. The van der Waals surface area contributed by atoms with Gasteiger partial charge in [0.25, 0.3) is 5.91 Å². The molecule has 0 saturated carbocycles. The van der Waals surface area contributed by atoms with E-state index in [4.69, 9.17) is 4.74 Å². The lowest BCUT2D eigenvalue weighted by Gasteiger charge is -2.09. The highest BCUT2D eigenvalue weighted by Gasteiger charge is 2.08. The van der Waals surface area contributed by atoms with Gasteiger partial charge >= 0.3 is 0 Å². The number of carbonyl (C=O) groups is 1. The Hall–Kier alpha value is -2.50. The van der Waals surface area contributed by atoms with E-state index in [9.17, 15) is 13.6 Å². The Morgan fingerprint density at radius 3 is 2.45 bits per heavy atom. The smallest absolute Gasteiger partial charge is 0.253 e. The average molecular weight is 306 g/mol. The number of ether oxygens (including phenoxy) is 1. The van der Waals surface area contributed by atoms with Crippen LogP contribution in [0, 0.1) is 11.6 Å². The fourth-order valence-corrected chi connectivity index (χ4v) is 1.76. The summed E-state index contributed by atoms with van der Waals surface area (Å²) in [5.41, 5.74) is 0.986. The third-order valence-electron chi connectivity index (χ3n) is 2.73. The van der Waals surface area contributed by atoms with Crippen molar-refractivity contribution < 1.29 is 18.3 Å². The molecule has 0 bridgehead atoms. The minimum atomic E-state index is -0.705. The number of aromatic nitrogens is 1. The topological polar surface area (TPSA) is 51.2 Å². The van der Waals surface area contributed by atoms with E-state index in [1.807, 2.05) is 13.8 Å². The molecule has 22 heavy (non-hydrogen) atoms. The number of nitrogens with zero attached hydrogens (tertiary/aromatic N) is 1. The van der Waals surface area contributed by atoms with Crippen LogP contribution >= 0.6 is 0 Å². The summed E-state index contributed by atoms with van der Waals surface area (Å²) in [4.78, 5) is 15.8. The third kappa shape index (κ3) is 4.51. The fourth-order valence-electron chi connectivity index (χ4n) is 1.76. The summed E-state index contributed by atoms with van der Waals surface area (Å²) in [7, 11) is 0. The minimum absolute atomic E-state index is 0.0402. The first-order valence-corrected chi connectivity index (χ1v) is 6.79. The van der Waals surface area contributed by atoms with E-state index >= 15 is 0 Å². The fraction of sp³-hybridized carbons (Fsp3) is 0.250. The number of rotatable bonds is 5. The molecule has 6 heteroatoms. The summed E-state index contributed by atoms with van der Waals surface area (Å²) in [5.74, 6) is -1.53. The van der Waals surface area contributed by atoms with Crippen molar-refractivity contribution in [1.29, 1.82) is 0 Å². The Bertz CT molecular complexity index is 637. The molecule has 116 valence electrons. The molecule has 0 aliphatic rings. The highest BCUT2D eigenvalue weighted by molar-refractivity contribution is 5.93. The van der Waals surface area contributed by atoms with Gasteiger partial charge in [0.2, 0.25) is 0 Å². The number of carbonyl (C=O) groups excluding carboxylic acids is 1. The molecule has 1 amide bonds. The second-order valence-corrected chi connectivity index (χ2v) is 5.06. The summed E-state index contributed by atoms with van der Waals surface area (Å²) < 4.78 is 31.3. The molecule has 0 spiro atoms. The molecule has 0 aliphatic carbocycles. The van der Waals surface area contributed by atoms with Gasteiger partial charge in [0.1, 0.15) is 24.0 Å². The van der Waals surface area contributed by atoms with E-state index in [2.05, 4.69) is 10.3 Å². The van der Waals surface area contributed by atoms with Gasteiger partial charge in [-0.15, -0.1) is 0 Å². The van der Waals surface area contributed by atoms with Crippen LogP contribution in [0.3, 0.4) is 0 Å². The van der Waals surface area contributed by atoms with Crippen LogP contribution in [-0.2, 0) is 6.61 Å². The first-order chi connectivity index (χ1) is 10.4. The van der Waals surface area contributed by atoms with Crippen LogP contribution < -0.4 is 10.1 Å². The molecule has 1 aromatic heterocycles.